The van der Waals surface area contributed by atoms with Crippen LogP contribution in [-0.2, 0) is 0 Å². The molecule has 10 heteroatoms. The van der Waals surface area contributed by atoms with E-state index in [1.54, 1.807) is 0 Å². The third kappa shape index (κ3) is 4.25. The summed E-state index contributed by atoms with van der Waals surface area (Å²) in [5.74, 6) is -4.88. The Kier molecular flexibility index (Phi) is 4.83. The van der Waals surface area contributed by atoms with Gasteiger partial charge in [0.2, 0.25) is 0 Å². The van der Waals surface area contributed by atoms with Crippen LogP contribution in [0.15, 0.2) is 30.3 Å². The van der Waals surface area contributed by atoms with Crippen molar-refractivity contribution in [2.75, 3.05) is 0 Å². The molecule has 128 valence electrons. The fourth-order valence-corrected chi connectivity index (χ4v) is 1.88. The van der Waals surface area contributed by atoms with Crippen LogP contribution < -0.4 is 15.2 Å². The van der Waals surface area contributed by atoms with Crippen molar-refractivity contribution >= 4 is 17.5 Å². The Bertz CT molecular complexity index is 795. The van der Waals surface area contributed by atoms with E-state index in [1.807, 2.05) is 0 Å². The van der Waals surface area contributed by atoms with Crippen molar-refractivity contribution in [1.82, 2.24) is 0 Å². The number of hydrogen-bond donors (Lipinski definition) is 1. The maximum absolute atomic E-state index is 13.8. The lowest BCUT2D eigenvalue weighted by molar-refractivity contribution is -0.274. The smallest absolute Gasteiger partial charge is 0.454 e. The Hall–Kier alpha value is -2.55. The van der Waals surface area contributed by atoms with Gasteiger partial charge < -0.3 is 15.2 Å². The van der Waals surface area contributed by atoms with Crippen LogP contribution in [0.2, 0.25) is 5.02 Å². The van der Waals surface area contributed by atoms with Crippen molar-refractivity contribution in [3.05, 3.63) is 52.6 Å². The van der Waals surface area contributed by atoms with Crippen molar-refractivity contribution in [2.24, 2.45) is 5.73 Å². The standard InChI is InChI=1S/C14H7ClF5NO3/c15-8-3-6(1-2-11(8)24-14(18,19)20)23-12-5-9(16)7(13(21)22)4-10(12)17/h1-5H,(H2,21,22). The summed E-state index contributed by atoms with van der Waals surface area (Å²) in [6.07, 6.45) is -4.94. The fourth-order valence-electron chi connectivity index (χ4n) is 1.68. The van der Waals surface area contributed by atoms with Crippen molar-refractivity contribution in [1.29, 1.82) is 0 Å². The minimum Gasteiger partial charge on any atom is -0.454 e. The van der Waals surface area contributed by atoms with E-state index in [-0.39, 0.29) is 5.75 Å². The first-order valence-corrected chi connectivity index (χ1v) is 6.46. The first-order chi connectivity index (χ1) is 11.1. The lowest BCUT2D eigenvalue weighted by atomic mass is 10.2. The molecule has 0 aliphatic heterocycles. The molecule has 2 aromatic rings. The van der Waals surface area contributed by atoms with Gasteiger partial charge in [0.15, 0.2) is 11.6 Å². The average molecular weight is 368 g/mol. The minimum atomic E-state index is -4.94. The number of carbonyl (C=O) groups is 1. The van der Waals surface area contributed by atoms with Gasteiger partial charge in [0, 0.05) is 12.1 Å². The summed E-state index contributed by atoms with van der Waals surface area (Å²) >= 11 is 5.61. The molecular weight excluding hydrogens is 361 g/mol. The predicted molar refractivity (Wildman–Crippen MR) is 73.1 cm³/mol. The number of halogens is 6. The van der Waals surface area contributed by atoms with Crippen LogP contribution in [0, 0.1) is 11.6 Å². The zero-order chi connectivity index (χ0) is 18.1. The Labute approximate surface area is 136 Å². The minimum absolute atomic E-state index is 0.181. The highest BCUT2D eigenvalue weighted by Gasteiger charge is 2.32. The molecule has 0 unspecified atom stereocenters. The van der Waals surface area contributed by atoms with Gasteiger partial charge in [-0.25, -0.2) is 8.78 Å². The molecule has 4 nitrogen and oxygen atoms in total. The SMILES string of the molecule is NC(=O)c1cc(F)c(Oc2ccc(OC(F)(F)F)c(Cl)c2)cc1F. The third-order valence-corrected chi connectivity index (χ3v) is 2.94. The quantitative estimate of drug-likeness (QED) is 0.814. The van der Waals surface area contributed by atoms with Crippen LogP contribution in [0.4, 0.5) is 22.0 Å². The molecule has 1 amide bonds. The van der Waals surface area contributed by atoms with Gasteiger partial charge in [-0.15, -0.1) is 13.2 Å². The number of hydrogen-bond acceptors (Lipinski definition) is 3. The van der Waals surface area contributed by atoms with Crippen LogP contribution in [-0.4, -0.2) is 12.3 Å². The Morgan fingerprint density at radius 3 is 2.25 bits per heavy atom. The summed E-state index contributed by atoms with van der Waals surface area (Å²) in [4.78, 5) is 10.9. The largest absolute Gasteiger partial charge is 0.573 e. The van der Waals surface area contributed by atoms with E-state index in [2.05, 4.69) is 4.74 Å². The highest BCUT2D eigenvalue weighted by atomic mass is 35.5. The average Bonchev–Trinajstić information content (AvgIpc) is 2.44. The van der Waals surface area contributed by atoms with Crippen molar-refractivity contribution < 1.29 is 36.2 Å². The zero-order valence-electron chi connectivity index (χ0n) is 11.5. The Morgan fingerprint density at radius 2 is 1.71 bits per heavy atom. The van der Waals surface area contributed by atoms with E-state index in [9.17, 15) is 26.7 Å². The molecule has 0 atom stereocenters. The molecule has 0 aliphatic rings. The molecule has 0 radical (unpaired) electrons. The summed E-state index contributed by atoms with van der Waals surface area (Å²) in [7, 11) is 0. The molecule has 2 rings (SSSR count). The first kappa shape index (κ1) is 17.8. The summed E-state index contributed by atoms with van der Waals surface area (Å²) in [5.41, 5.74) is 4.19. The second-order valence-corrected chi connectivity index (χ2v) is 4.78. The van der Waals surface area contributed by atoms with Crippen LogP contribution >= 0.6 is 11.6 Å². The van der Waals surface area contributed by atoms with Crippen molar-refractivity contribution in [2.45, 2.75) is 6.36 Å². The molecule has 0 aliphatic carbocycles. The van der Waals surface area contributed by atoms with Gasteiger partial charge in [-0.1, -0.05) is 11.6 Å². The second-order valence-electron chi connectivity index (χ2n) is 4.37. The van der Waals surface area contributed by atoms with E-state index < -0.39 is 46.0 Å². The fraction of sp³-hybridized carbons (Fsp3) is 0.0714. The molecule has 0 bridgehead atoms. The molecule has 0 saturated carbocycles. The number of rotatable bonds is 4. The topological polar surface area (TPSA) is 61.6 Å². The van der Waals surface area contributed by atoms with Gasteiger partial charge in [-0.3, -0.25) is 4.79 Å². The van der Waals surface area contributed by atoms with Crippen molar-refractivity contribution in [3.8, 4) is 17.2 Å². The van der Waals surface area contributed by atoms with Gasteiger partial charge >= 0.3 is 6.36 Å². The summed E-state index contributed by atoms with van der Waals surface area (Å²) in [5, 5.41) is -0.459. The second kappa shape index (κ2) is 6.52. The monoisotopic (exact) mass is 367 g/mol. The maximum atomic E-state index is 13.8. The van der Waals surface area contributed by atoms with E-state index in [0.717, 1.165) is 18.2 Å². The third-order valence-electron chi connectivity index (χ3n) is 2.64. The predicted octanol–water partition coefficient (Wildman–Crippen LogP) is 4.41. The molecule has 0 heterocycles. The van der Waals surface area contributed by atoms with Crippen LogP contribution in [0.3, 0.4) is 0 Å². The molecule has 0 aromatic heterocycles. The lowest BCUT2D eigenvalue weighted by Gasteiger charge is -2.12. The number of alkyl halides is 3. The molecule has 0 fully saturated rings. The number of carbonyl (C=O) groups excluding carboxylic acids is 1. The van der Waals surface area contributed by atoms with E-state index in [0.29, 0.717) is 12.1 Å². The van der Waals surface area contributed by atoms with Crippen LogP contribution in [0.5, 0.6) is 17.2 Å². The Morgan fingerprint density at radius 1 is 1.04 bits per heavy atom. The summed E-state index contributed by atoms with van der Waals surface area (Å²) in [6, 6.07) is 3.88. The van der Waals surface area contributed by atoms with Gasteiger partial charge in [-0.2, -0.15) is 0 Å². The van der Waals surface area contributed by atoms with E-state index >= 15 is 0 Å². The van der Waals surface area contributed by atoms with Gasteiger partial charge in [0.25, 0.3) is 5.91 Å². The van der Waals surface area contributed by atoms with E-state index in [4.69, 9.17) is 22.1 Å². The normalized spacial score (nSPS) is 11.2. The number of benzene rings is 2. The van der Waals surface area contributed by atoms with Gasteiger partial charge in [0.05, 0.1) is 10.6 Å². The zero-order valence-corrected chi connectivity index (χ0v) is 12.2. The van der Waals surface area contributed by atoms with Gasteiger partial charge in [-0.05, 0) is 18.2 Å². The summed E-state index contributed by atoms with van der Waals surface area (Å²) in [6.45, 7) is 0. The number of ether oxygens (including phenoxy) is 2. The Balaban J connectivity index is 2.27. The molecule has 2 N–H and O–H groups in total. The highest BCUT2D eigenvalue weighted by Crippen LogP contribution is 2.35. The molecule has 24 heavy (non-hydrogen) atoms. The molecule has 0 spiro atoms. The maximum Gasteiger partial charge on any atom is 0.573 e. The number of nitrogens with two attached hydrogens (primary N) is 1. The number of amides is 1. The number of primary amides is 1. The summed E-state index contributed by atoms with van der Waals surface area (Å²) < 4.78 is 72.4. The van der Waals surface area contributed by atoms with E-state index in [1.165, 1.54) is 0 Å². The lowest BCUT2D eigenvalue weighted by Crippen LogP contribution is -2.17. The van der Waals surface area contributed by atoms with Crippen LogP contribution in [0.25, 0.3) is 0 Å². The molecule has 2 aromatic carbocycles. The van der Waals surface area contributed by atoms with Crippen LogP contribution in [0.1, 0.15) is 10.4 Å². The van der Waals surface area contributed by atoms with Gasteiger partial charge in [0.1, 0.15) is 17.3 Å². The first-order valence-electron chi connectivity index (χ1n) is 6.09. The molecule has 0 saturated heterocycles. The van der Waals surface area contributed by atoms with Crippen molar-refractivity contribution in [3.63, 3.8) is 0 Å². The molecular formula is C14H7ClF5NO3. The highest BCUT2D eigenvalue weighted by molar-refractivity contribution is 6.32.